The SMILES string of the molecule is N#C/C(=C\c1cccc(OCc2c(Cl)cccc2Cl)c1)C(=O)Nc1ccccc1[N+](=O)[O-]. The maximum atomic E-state index is 12.5. The molecule has 7 nitrogen and oxygen atoms in total. The molecule has 0 fully saturated rings. The van der Waals surface area contributed by atoms with Gasteiger partial charge in [0.25, 0.3) is 11.6 Å². The summed E-state index contributed by atoms with van der Waals surface area (Å²) in [6.45, 7) is 0.134. The van der Waals surface area contributed by atoms with Crippen LogP contribution in [0.2, 0.25) is 10.0 Å². The van der Waals surface area contributed by atoms with Gasteiger partial charge in [0.1, 0.15) is 29.7 Å². The zero-order valence-electron chi connectivity index (χ0n) is 16.4. The topological polar surface area (TPSA) is 105 Å². The lowest BCUT2D eigenvalue weighted by Crippen LogP contribution is -2.14. The Morgan fingerprint density at radius 3 is 2.47 bits per heavy atom. The van der Waals surface area contributed by atoms with Gasteiger partial charge in [-0.1, -0.05) is 53.5 Å². The van der Waals surface area contributed by atoms with Crippen LogP contribution in [0.1, 0.15) is 11.1 Å². The van der Waals surface area contributed by atoms with Crippen LogP contribution in [0.3, 0.4) is 0 Å². The molecule has 160 valence electrons. The second kappa shape index (κ2) is 10.4. The van der Waals surface area contributed by atoms with Gasteiger partial charge < -0.3 is 10.1 Å². The minimum atomic E-state index is -0.768. The molecule has 0 heterocycles. The Morgan fingerprint density at radius 2 is 1.78 bits per heavy atom. The van der Waals surface area contributed by atoms with Gasteiger partial charge in [0, 0.05) is 21.7 Å². The molecule has 3 aromatic carbocycles. The number of benzene rings is 3. The first-order valence-electron chi connectivity index (χ1n) is 9.21. The van der Waals surface area contributed by atoms with Gasteiger partial charge in [-0.25, -0.2) is 0 Å². The van der Waals surface area contributed by atoms with Crippen molar-refractivity contribution in [1.29, 1.82) is 5.26 Å². The summed E-state index contributed by atoms with van der Waals surface area (Å²) in [6, 6.07) is 19.4. The number of carbonyl (C=O) groups is 1. The summed E-state index contributed by atoms with van der Waals surface area (Å²) in [7, 11) is 0. The summed E-state index contributed by atoms with van der Waals surface area (Å²) in [5, 5.41) is 23.9. The fourth-order valence-corrected chi connectivity index (χ4v) is 3.27. The smallest absolute Gasteiger partial charge is 0.292 e. The molecule has 0 saturated heterocycles. The predicted octanol–water partition coefficient (Wildman–Crippen LogP) is 6.03. The van der Waals surface area contributed by atoms with Crippen molar-refractivity contribution in [3.8, 4) is 11.8 Å². The van der Waals surface area contributed by atoms with Crippen molar-refractivity contribution >= 4 is 46.6 Å². The third kappa shape index (κ3) is 5.64. The first kappa shape index (κ1) is 22.8. The highest BCUT2D eigenvalue weighted by molar-refractivity contribution is 6.35. The molecular formula is C23H15Cl2N3O4. The molecule has 0 saturated carbocycles. The monoisotopic (exact) mass is 467 g/mol. The molecule has 0 aliphatic carbocycles. The molecule has 9 heteroatoms. The van der Waals surface area contributed by atoms with Gasteiger partial charge in [-0.2, -0.15) is 5.26 Å². The first-order valence-corrected chi connectivity index (χ1v) is 9.97. The fourth-order valence-electron chi connectivity index (χ4n) is 2.76. The summed E-state index contributed by atoms with van der Waals surface area (Å²) in [5.41, 5.74) is 0.666. The van der Waals surface area contributed by atoms with Crippen LogP contribution in [-0.4, -0.2) is 10.8 Å². The lowest BCUT2D eigenvalue weighted by atomic mass is 10.1. The van der Waals surface area contributed by atoms with Crippen molar-refractivity contribution < 1.29 is 14.5 Å². The van der Waals surface area contributed by atoms with Crippen molar-refractivity contribution in [3.05, 3.63) is 104 Å². The Balaban J connectivity index is 1.77. The molecule has 0 bridgehead atoms. The van der Waals surface area contributed by atoms with Crippen LogP contribution in [0.25, 0.3) is 6.08 Å². The van der Waals surface area contributed by atoms with E-state index in [1.165, 1.54) is 24.3 Å². The van der Waals surface area contributed by atoms with E-state index in [2.05, 4.69) is 5.32 Å². The summed E-state index contributed by atoms with van der Waals surface area (Å²) in [6.07, 6.45) is 1.36. The van der Waals surface area contributed by atoms with Gasteiger partial charge in [0.2, 0.25) is 0 Å². The maximum absolute atomic E-state index is 12.5. The number of rotatable bonds is 7. The molecule has 0 radical (unpaired) electrons. The first-order chi connectivity index (χ1) is 15.4. The molecule has 32 heavy (non-hydrogen) atoms. The van der Waals surface area contributed by atoms with E-state index >= 15 is 0 Å². The molecule has 1 N–H and O–H groups in total. The Morgan fingerprint density at radius 1 is 1.09 bits per heavy atom. The molecule has 0 aromatic heterocycles. The lowest BCUT2D eigenvalue weighted by molar-refractivity contribution is -0.383. The number of nitriles is 1. The Kier molecular flexibility index (Phi) is 7.45. The molecule has 0 unspecified atom stereocenters. The number of nitro groups is 1. The number of nitrogens with one attached hydrogen (secondary N) is 1. The number of hydrogen-bond acceptors (Lipinski definition) is 5. The highest BCUT2D eigenvalue weighted by Gasteiger charge is 2.17. The van der Waals surface area contributed by atoms with E-state index in [0.717, 1.165) is 0 Å². The van der Waals surface area contributed by atoms with Crippen molar-refractivity contribution in [1.82, 2.24) is 0 Å². The van der Waals surface area contributed by atoms with Crippen LogP contribution >= 0.6 is 23.2 Å². The van der Waals surface area contributed by atoms with Gasteiger partial charge in [0.15, 0.2) is 0 Å². The largest absolute Gasteiger partial charge is 0.489 e. The van der Waals surface area contributed by atoms with Crippen LogP contribution in [0, 0.1) is 21.4 Å². The standard InChI is InChI=1S/C23H15Cl2N3O4/c24-19-7-4-8-20(25)18(19)14-32-17-6-3-5-15(12-17)11-16(13-26)23(29)27-21-9-1-2-10-22(21)28(30)31/h1-12H,14H2,(H,27,29)/b16-11+. The number of carbonyl (C=O) groups excluding carboxylic acids is 1. The Bertz CT molecular complexity index is 1230. The van der Waals surface area contributed by atoms with E-state index in [9.17, 15) is 20.2 Å². The average molecular weight is 468 g/mol. The van der Waals surface area contributed by atoms with Crippen molar-refractivity contribution in [3.63, 3.8) is 0 Å². The van der Waals surface area contributed by atoms with E-state index in [1.54, 1.807) is 48.5 Å². The molecule has 0 atom stereocenters. The van der Waals surface area contributed by atoms with E-state index in [4.69, 9.17) is 27.9 Å². The third-order valence-corrected chi connectivity index (χ3v) is 5.04. The minimum Gasteiger partial charge on any atom is -0.489 e. The number of ether oxygens (including phenoxy) is 1. The van der Waals surface area contributed by atoms with Gasteiger partial charge in [-0.15, -0.1) is 0 Å². The van der Waals surface area contributed by atoms with Gasteiger partial charge in [0.05, 0.1) is 4.92 Å². The second-order valence-corrected chi connectivity index (χ2v) is 7.27. The van der Waals surface area contributed by atoms with Crippen molar-refractivity contribution in [2.45, 2.75) is 6.61 Å². The summed E-state index contributed by atoms with van der Waals surface area (Å²) in [4.78, 5) is 23.0. The molecule has 1 amide bonds. The molecule has 0 spiro atoms. The number of nitrogens with zero attached hydrogens (tertiary/aromatic N) is 2. The summed E-state index contributed by atoms with van der Waals surface area (Å²) < 4.78 is 5.75. The van der Waals surface area contributed by atoms with Crippen molar-refractivity contribution in [2.24, 2.45) is 0 Å². The van der Waals surface area contributed by atoms with E-state index in [1.807, 2.05) is 6.07 Å². The predicted molar refractivity (Wildman–Crippen MR) is 123 cm³/mol. The van der Waals surface area contributed by atoms with Crippen LogP contribution in [0.15, 0.2) is 72.3 Å². The number of hydrogen-bond donors (Lipinski definition) is 1. The van der Waals surface area contributed by atoms with Gasteiger partial charge >= 0.3 is 0 Å². The Hall–Kier alpha value is -3.86. The van der Waals surface area contributed by atoms with E-state index in [-0.39, 0.29) is 23.6 Å². The second-order valence-electron chi connectivity index (χ2n) is 6.46. The lowest BCUT2D eigenvalue weighted by Gasteiger charge is -2.10. The molecule has 0 aliphatic rings. The number of nitro benzene ring substituents is 1. The van der Waals surface area contributed by atoms with Crippen LogP contribution in [0.4, 0.5) is 11.4 Å². The highest BCUT2D eigenvalue weighted by Crippen LogP contribution is 2.27. The molecular weight excluding hydrogens is 453 g/mol. The van der Waals surface area contributed by atoms with E-state index in [0.29, 0.717) is 26.9 Å². The molecule has 3 aromatic rings. The molecule has 0 aliphatic heterocycles. The molecule has 3 rings (SSSR count). The minimum absolute atomic E-state index is 0.00245. The van der Waals surface area contributed by atoms with Gasteiger partial charge in [-0.05, 0) is 42.0 Å². The Labute approximate surface area is 193 Å². The van der Waals surface area contributed by atoms with Crippen LogP contribution < -0.4 is 10.1 Å². The third-order valence-electron chi connectivity index (χ3n) is 4.33. The zero-order chi connectivity index (χ0) is 23.1. The zero-order valence-corrected chi connectivity index (χ0v) is 17.9. The van der Waals surface area contributed by atoms with Crippen LogP contribution in [-0.2, 0) is 11.4 Å². The maximum Gasteiger partial charge on any atom is 0.292 e. The number of amides is 1. The summed E-state index contributed by atoms with van der Waals surface area (Å²) >= 11 is 12.3. The average Bonchev–Trinajstić information content (AvgIpc) is 2.77. The normalized spacial score (nSPS) is 10.8. The van der Waals surface area contributed by atoms with Crippen LogP contribution in [0.5, 0.6) is 5.75 Å². The van der Waals surface area contributed by atoms with E-state index < -0.39 is 10.8 Å². The number of para-hydroxylation sites is 2. The highest BCUT2D eigenvalue weighted by atomic mass is 35.5. The van der Waals surface area contributed by atoms with Crippen molar-refractivity contribution in [2.75, 3.05) is 5.32 Å². The quantitative estimate of drug-likeness (QED) is 0.197. The number of anilines is 1. The fraction of sp³-hybridized carbons (Fsp3) is 0.0435. The summed E-state index contributed by atoms with van der Waals surface area (Å²) in [5.74, 6) is -0.290. The number of halogens is 2. The van der Waals surface area contributed by atoms with Gasteiger partial charge in [-0.3, -0.25) is 14.9 Å².